The number of methoxy groups -OCH3 is 1. The van der Waals surface area contributed by atoms with E-state index in [9.17, 15) is 15.2 Å². The van der Waals surface area contributed by atoms with Crippen molar-refractivity contribution in [2.75, 3.05) is 25.6 Å². The van der Waals surface area contributed by atoms with Gasteiger partial charge in [0, 0.05) is 19.7 Å². The van der Waals surface area contributed by atoms with E-state index in [-0.39, 0.29) is 18.8 Å². The van der Waals surface area contributed by atoms with Crippen LogP contribution in [-0.2, 0) is 4.74 Å². The molecule has 6 nitrogen and oxygen atoms in total. The number of nitrogens with one attached hydrogen (secondary N) is 1. The maximum atomic E-state index is 10.8. The number of anilines is 1. The number of nitrogens with zero attached hydrogens (tertiary/aromatic N) is 1. The van der Waals surface area contributed by atoms with Crippen LogP contribution in [0.1, 0.15) is 5.56 Å². The molecule has 0 fully saturated rings. The van der Waals surface area contributed by atoms with Gasteiger partial charge in [-0.15, -0.1) is 0 Å². The topological polar surface area (TPSA) is 84.6 Å². The average molecular weight is 240 g/mol. The molecule has 0 aromatic heterocycles. The number of aliphatic hydroxyl groups is 1. The van der Waals surface area contributed by atoms with E-state index in [1.165, 1.54) is 13.2 Å². The lowest BCUT2D eigenvalue weighted by molar-refractivity contribution is -0.384. The van der Waals surface area contributed by atoms with Crippen LogP contribution in [0.3, 0.4) is 0 Å². The Labute approximate surface area is 99.4 Å². The zero-order chi connectivity index (χ0) is 12.8. The van der Waals surface area contributed by atoms with Crippen molar-refractivity contribution in [3.63, 3.8) is 0 Å². The van der Waals surface area contributed by atoms with Crippen LogP contribution in [-0.4, -0.2) is 36.4 Å². The van der Waals surface area contributed by atoms with Crippen molar-refractivity contribution in [2.24, 2.45) is 0 Å². The number of benzene rings is 1. The lowest BCUT2D eigenvalue weighted by atomic mass is 10.2. The van der Waals surface area contributed by atoms with Gasteiger partial charge in [-0.3, -0.25) is 10.1 Å². The largest absolute Gasteiger partial charge is 0.389 e. The van der Waals surface area contributed by atoms with Gasteiger partial charge in [0.25, 0.3) is 5.69 Å². The van der Waals surface area contributed by atoms with E-state index < -0.39 is 11.0 Å². The standard InChI is InChI=1S/C11H16N2O4/c1-8-3-4-11(13(15)16)10(5-8)12-6-9(14)7-17-2/h3-5,9,12,14H,6-7H2,1-2H3. The minimum absolute atomic E-state index is 0.000201. The van der Waals surface area contributed by atoms with Gasteiger partial charge in [0.1, 0.15) is 5.69 Å². The van der Waals surface area contributed by atoms with Gasteiger partial charge in [-0.2, -0.15) is 0 Å². The normalized spacial score (nSPS) is 12.2. The van der Waals surface area contributed by atoms with E-state index in [0.29, 0.717) is 5.69 Å². The van der Waals surface area contributed by atoms with E-state index in [1.54, 1.807) is 12.1 Å². The minimum Gasteiger partial charge on any atom is -0.389 e. The summed E-state index contributed by atoms with van der Waals surface area (Å²) in [5, 5.41) is 23.1. The summed E-state index contributed by atoms with van der Waals surface area (Å²) in [6.07, 6.45) is -0.694. The summed E-state index contributed by atoms with van der Waals surface area (Å²) in [6, 6.07) is 4.80. The smallest absolute Gasteiger partial charge is 0.292 e. The summed E-state index contributed by atoms with van der Waals surface area (Å²) >= 11 is 0. The first-order chi connectivity index (χ1) is 8.04. The van der Waals surface area contributed by atoms with E-state index in [1.807, 2.05) is 6.92 Å². The number of nitro benzene ring substituents is 1. The summed E-state index contributed by atoms with van der Waals surface area (Å²) in [7, 11) is 1.48. The summed E-state index contributed by atoms with van der Waals surface area (Å²) in [5.41, 5.74) is 1.32. The molecule has 2 N–H and O–H groups in total. The Morgan fingerprint density at radius 3 is 2.88 bits per heavy atom. The van der Waals surface area contributed by atoms with Crippen molar-refractivity contribution < 1.29 is 14.8 Å². The van der Waals surface area contributed by atoms with Crippen LogP contribution < -0.4 is 5.32 Å². The number of aryl methyl sites for hydroxylation is 1. The summed E-state index contributed by atoms with van der Waals surface area (Å²) < 4.78 is 4.77. The zero-order valence-corrected chi connectivity index (χ0v) is 9.84. The molecule has 0 aliphatic heterocycles. The van der Waals surface area contributed by atoms with Crippen molar-refractivity contribution in [1.82, 2.24) is 0 Å². The molecule has 1 unspecified atom stereocenters. The Hall–Kier alpha value is -1.66. The fourth-order valence-corrected chi connectivity index (χ4v) is 1.43. The van der Waals surface area contributed by atoms with Gasteiger partial charge in [0.05, 0.1) is 17.6 Å². The van der Waals surface area contributed by atoms with E-state index in [2.05, 4.69) is 5.32 Å². The first-order valence-electron chi connectivity index (χ1n) is 5.20. The van der Waals surface area contributed by atoms with Gasteiger partial charge in [0.15, 0.2) is 0 Å². The minimum atomic E-state index is -0.694. The van der Waals surface area contributed by atoms with E-state index >= 15 is 0 Å². The highest BCUT2D eigenvalue weighted by molar-refractivity contribution is 5.62. The van der Waals surface area contributed by atoms with Crippen molar-refractivity contribution >= 4 is 11.4 Å². The van der Waals surface area contributed by atoms with Crippen LogP contribution >= 0.6 is 0 Å². The molecule has 1 aromatic rings. The molecule has 0 aliphatic carbocycles. The molecule has 0 saturated heterocycles. The molecule has 6 heteroatoms. The summed E-state index contributed by atoms with van der Waals surface area (Å²) in [4.78, 5) is 10.3. The second kappa shape index (κ2) is 6.17. The Morgan fingerprint density at radius 2 is 2.29 bits per heavy atom. The fourth-order valence-electron chi connectivity index (χ4n) is 1.43. The number of rotatable bonds is 6. The third kappa shape index (κ3) is 4.01. The second-order valence-corrected chi connectivity index (χ2v) is 3.77. The second-order valence-electron chi connectivity index (χ2n) is 3.77. The molecule has 1 atom stereocenters. The lowest BCUT2D eigenvalue weighted by Crippen LogP contribution is -2.24. The molecule has 0 bridgehead atoms. The zero-order valence-electron chi connectivity index (χ0n) is 9.84. The summed E-state index contributed by atoms with van der Waals surface area (Å²) in [6.45, 7) is 2.24. The van der Waals surface area contributed by atoms with Gasteiger partial charge in [-0.1, -0.05) is 6.07 Å². The first-order valence-corrected chi connectivity index (χ1v) is 5.20. The van der Waals surface area contributed by atoms with Crippen molar-refractivity contribution in [3.05, 3.63) is 33.9 Å². The van der Waals surface area contributed by atoms with Gasteiger partial charge >= 0.3 is 0 Å². The van der Waals surface area contributed by atoms with Crippen LogP contribution in [0, 0.1) is 17.0 Å². The molecule has 0 spiro atoms. The molecule has 0 heterocycles. The Morgan fingerprint density at radius 1 is 1.59 bits per heavy atom. The third-order valence-corrected chi connectivity index (χ3v) is 2.24. The van der Waals surface area contributed by atoms with Crippen molar-refractivity contribution in [1.29, 1.82) is 0 Å². The van der Waals surface area contributed by atoms with Gasteiger partial charge in [-0.05, 0) is 18.6 Å². The van der Waals surface area contributed by atoms with Crippen molar-refractivity contribution in [3.8, 4) is 0 Å². The monoisotopic (exact) mass is 240 g/mol. The number of nitro groups is 1. The molecule has 17 heavy (non-hydrogen) atoms. The molecule has 1 aromatic carbocycles. The molecular weight excluding hydrogens is 224 g/mol. The molecular formula is C11H16N2O4. The van der Waals surface area contributed by atoms with E-state index in [0.717, 1.165) is 5.56 Å². The number of hydrogen-bond acceptors (Lipinski definition) is 5. The van der Waals surface area contributed by atoms with Gasteiger partial charge in [-0.25, -0.2) is 0 Å². The molecule has 0 amide bonds. The maximum absolute atomic E-state index is 10.8. The number of hydrogen-bond donors (Lipinski definition) is 2. The highest BCUT2D eigenvalue weighted by Crippen LogP contribution is 2.24. The Balaban J connectivity index is 2.75. The van der Waals surface area contributed by atoms with Crippen LogP contribution in [0.4, 0.5) is 11.4 Å². The Kier molecular flexibility index (Phi) is 4.86. The maximum Gasteiger partial charge on any atom is 0.292 e. The van der Waals surface area contributed by atoms with Crippen LogP contribution in [0.15, 0.2) is 18.2 Å². The van der Waals surface area contributed by atoms with Gasteiger partial charge in [0.2, 0.25) is 0 Å². The highest BCUT2D eigenvalue weighted by Gasteiger charge is 2.14. The highest BCUT2D eigenvalue weighted by atomic mass is 16.6. The Bertz CT molecular complexity index is 395. The number of aliphatic hydroxyl groups excluding tert-OH is 1. The molecule has 0 aliphatic rings. The molecule has 0 radical (unpaired) electrons. The fraction of sp³-hybridized carbons (Fsp3) is 0.455. The van der Waals surface area contributed by atoms with Crippen molar-refractivity contribution in [2.45, 2.75) is 13.0 Å². The number of ether oxygens (including phenoxy) is 1. The van der Waals surface area contributed by atoms with E-state index in [4.69, 9.17) is 4.74 Å². The molecule has 94 valence electrons. The van der Waals surface area contributed by atoms with Crippen LogP contribution in [0.5, 0.6) is 0 Å². The molecule has 0 saturated carbocycles. The van der Waals surface area contributed by atoms with Crippen LogP contribution in [0.25, 0.3) is 0 Å². The third-order valence-electron chi connectivity index (χ3n) is 2.24. The predicted molar refractivity (Wildman–Crippen MR) is 64.2 cm³/mol. The van der Waals surface area contributed by atoms with Crippen LogP contribution in [0.2, 0.25) is 0 Å². The predicted octanol–water partition coefficient (Wildman–Crippen LogP) is 1.32. The van der Waals surface area contributed by atoms with Gasteiger partial charge < -0.3 is 15.2 Å². The summed E-state index contributed by atoms with van der Waals surface area (Å²) in [5.74, 6) is 0. The first kappa shape index (κ1) is 13.4. The molecule has 1 rings (SSSR count). The quantitative estimate of drug-likeness (QED) is 0.578. The SMILES string of the molecule is COCC(O)CNc1cc(C)ccc1[N+](=O)[O-]. The lowest BCUT2D eigenvalue weighted by Gasteiger charge is -2.12. The average Bonchev–Trinajstić information content (AvgIpc) is 2.26.